The summed E-state index contributed by atoms with van der Waals surface area (Å²) < 4.78 is 5.28. The summed E-state index contributed by atoms with van der Waals surface area (Å²) in [6.45, 7) is 1.58. The highest BCUT2D eigenvalue weighted by atomic mass is 16.5. The van der Waals surface area contributed by atoms with Gasteiger partial charge in [0.25, 0.3) is 0 Å². The lowest BCUT2D eigenvalue weighted by Gasteiger charge is -2.15. The molecule has 4 heteroatoms. The molecule has 0 radical (unpaired) electrons. The third-order valence-electron chi connectivity index (χ3n) is 2.42. The Kier molecular flexibility index (Phi) is 2.52. The molecule has 1 aromatic heterocycles. The fourth-order valence-corrected chi connectivity index (χ4v) is 1.58. The van der Waals surface area contributed by atoms with Gasteiger partial charge in [-0.05, 0) is 12.5 Å². The standard InChI is InChI=1S/C9H13N3O/c10-9(7-2-4-13-5-7)8-1-3-11-6-12-8/h1,3,6-7,9H,2,4-5,10H2. The highest BCUT2D eigenvalue weighted by Gasteiger charge is 2.24. The van der Waals surface area contributed by atoms with Gasteiger partial charge in [0.1, 0.15) is 6.33 Å². The van der Waals surface area contributed by atoms with Crippen LogP contribution in [0.4, 0.5) is 0 Å². The summed E-state index contributed by atoms with van der Waals surface area (Å²) in [5.41, 5.74) is 6.94. The maximum absolute atomic E-state index is 6.03. The molecule has 2 rings (SSSR count). The lowest BCUT2D eigenvalue weighted by atomic mass is 9.97. The van der Waals surface area contributed by atoms with Gasteiger partial charge in [-0.15, -0.1) is 0 Å². The van der Waals surface area contributed by atoms with E-state index in [0.29, 0.717) is 5.92 Å². The van der Waals surface area contributed by atoms with Crippen LogP contribution in [0.1, 0.15) is 18.2 Å². The summed E-state index contributed by atoms with van der Waals surface area (Å²) in [5.74, 6) is 0.412. The average molecular weight is 179 g/mol. The third-order valence-corrected chi connectivity index (χ3v) is 2.42. The Hall–Kier alpha value is -1.00. The van der Waals surface area contributed by atoms with Crippen molar-refractivity contribution in [2.24, 2.45) is 11.7 Å². The van der Waals surface area contributed by atoms with Gasteiger partial charge in [-0.2, -0.15) is 0 Å². The van der Waals surface area contributed by atoms with Crippen LogP contribution in [0.25, 0.3) is 0 Å². The Balaban J connectivity index is 2.08. The molecular formula is C9H13N3O. The van der Waals surface area contributed by atoms with Gasteiger partial charge < -0.3 is 10.5 Å². The Bertz CT molecular complexity index is 259. The van der Waals surface area contributed by atoms with E-state index in [1.54, 1.807) is 6.20 Å². The molecule has 1 aliphatic rings. The van der Waals surface area contributed by atoms with Crippen molar-refractivity contribution < 1.29 is 4.74 Å². The molecule has 1 saturated heterocycles. The molecule has 0 aromatic carbocycles. The molecule has 1 aliphatic heterocycles. The van der Waals surface area contributed by atoms with E-state index in [0.717, 1.165) is 25.3 Å². The maximum Gasteiger partial charge on any atom is 0.115 e. The molecule has 2 N–H and O–H groups in total. The first-order valence-electron chi connectivity index (χ1n) is 4.47. The number of aromatic nitrogens is 2. The average Bonchev–Trinajstić information content (AvgIpc) is 2.71. The van der Waals surface area contributed by atoms with Crippen LogP contribution in [0, 0.1) is 5.92 Å². The second-order valence-electron chi connectivity index (χ2n) is 3.28. The number of nitrogens with zero attached hydrogens (tertiary/aromatic N) is 2. The zero-order valence-corrected chi connectivity index (χ0v) is 7.39. The molecule has 2 unspecified atom stereocenters. The van der Waals surface area contributed by atoms with Gasteiger partial charge in [-0.25, -0.2) is 9.97 Å². The van der Waals surface area contributed by atoms with Crippen LogP contribution in [0.2, 0.25) is 0 Å². The van der Waals surface area contributed by atoms with Crippen molar-refractivity contribution in [2.75, 3.05) is 13.2 Å². The second-order valence-corrected chi connectivity index (χ2v) is 3.28. The molecule has 2 heterocycles. The van der Waals surface area contributed by atoms with Gasteiger partial charge in [0.15, 0.2) is 0 Å². The van der Waals surface area contributed by atoms with E-state index in [2.05, 4.69) is 9.97 Å². The smallest absolute Gasteiger partial charge is 0.115 e. The number of hydrogen-bond donors (Lipinski definition) is 1. The molecule has 2 atom stereocenters. The maximum atomic E-state index is 6.03. The number of rotatable bonds is 2. The topological polar surface area (TPSA) is 61.0 Å². The summed E-state index contributed by atoms with van der Waals surface area (Å²) in [7, 11) is 0. The molecule has 70 valence electrons. The Morgan fingerprint density at radius 3 is 3.15 bits per heavy atom. The Morgan fingerprint density at radius 1 is 1.62 bits per heavy atom. The zero-order chi connectivity index (χ0) is 9.10. The summed E-state index contributed by atoms with van der Waals surface area (Å²) in [6.07, 6.45) is 4.29. The minimum absolute atomic E-state index is 0.00880. The van der Waals surface area contributed by atoms with Gasteiger partial charge in [0.2, 0.25) is 0 Å². The first-order chi connectivity index (χ1) is 6.38. The van der Waals surface area contributed by atoms with Crippen molar-refractivity contribution in [3.05, 3.63) is 24.3 Å². The molecule has 4 nitrogen and oxygen atoms in total. The highest BCUT2D eigenvalue weighted by molar-refractivity contribution is 5.05. The van der Waals surface area contributed by atoms with Crippen molar-refractivity contribution in [1.29, 1.82) is 0 Å². The Labute approximate surface area is 77.1 Å². The minimum Gasteiger partial charge on any atom is -0.381 e. The summed E-state index contributed by atoms with van der Waals surface area (Å²) in [5, 5.41) is 0. The SMILES string of the molecule is NC(c1ccncn1)C1CCOC1. The molecule has 1 fully saturated rings. The van der Waals surface area contributed by atoms with Crippen molar-refractivity contribution in [2.45, 2.75) is 12.5 Å². The molecule has 0 spiro atoms. The quantitative estimate of drug-likeness (QED) is 0.718. The highest BCUT2D eigenvalue weighted by Crippen LogP contribution is 2.24. The lowest BCUT2D eigenvalue weighted by molar-refractivity contribution is 0.180. The lowest BCUT2D eigenvalue weighted by Crippen LogP contribution is -2.22. The van der Waals surface area contributed by atoms with E-state index in [1.165, 1.54) is 6.33 Å². The number of hydrogen-bond acceptors (Lipinski definition) is 4. The van der Waals surface area contributed by atoms with Crippen LogP contribution in [-0.2, 0) is 4.74 Å². The van der Waals surface area contributed by atoms with Gasteiger partial charge in [0, 0.05) is 18.7 Å². The first-order valence-corrected chi connectivity index (χ1v) is 4.47. The molecule has 1 aromatic rings. The second kappa shape index (κ2) is 3.81. The van der Waals surface area contributed by atoms with Gasteiger partial charge in [-0.3, -0.25) is 0 Å². The van der Waals surface area contributed by atoms with Crippen molar-refractivity contribution in [3.8, 4) is 0 Å². The van der Waals surface area contributed by atoms with Gasteiger partial charge in [0.05, 0.1) is 18.3 Å². The molecule has 0 saturated carbocycles. The predicted molar refractivity (Wildman–Crippen MR) is 47.9 cm³/mol. The fourth-order valence-electron chi connectivity index (χ4n) is 1.58. The van der Waals surface area contributed by atoms with E-state index >= 15 is 0 Å². The number of nitrogens with two attached hydrogens (primary N) is 1. The first kappa shape index (κ1) is 8.59. The van der Waals surface area contributed by atoms with Crippen LogP contribution in [0.15, 0.2) is 18.6 Å². The Morgan fingerprint density at radius 2 is 2.54 bits per heavy atom. The number of ether oxygens (including phenoxy) is 1. The van der Waals surface area contributed by atoms with Crippen LogP contribution in [0.5, 0.6) is 0 Å². The summed E-state index contributed by atoms with van der Waals surface area (Å²) in [6, 6.07) is 1.86. The summed E-state index contributed by atoms with van der Waals surface area (Å²) in [4.78, 5) is 7.99. The van der Waals surface area contributed by atoms with E-state index in [1.807, 2.05) is 6.07 Å². The van der Waals surface area contributed by atoms with Crippen molar-refractivity contribution in [1.82, 2.24) is 9.97 Å². The van der Waals surface area contributed by atoms with Crippen LogP contribution in [-0.4, -0.2) is 23.2 Å². The van der Waals surface area contributed by atoms with E-state index < -0.39 is 0 Å². The van der Waals surface area contributed by atoms with Gasteiger partial charge >= 0.3 is 0 Å². The molecule has 13 heavy (non-hydrogen) atoms. The fraction of sp³-hybridized carbons (Fsp3) is 0.556. The predicted octanol–water partition coefficient (Wildman–Crippen LogP) is 0.513. The van der Waals surface area contributed by atoms with Crippen LogP contribution in [0.3, 0.4) is 0 Å². The van der Waals surface area contributed by atoms with Crippen molar-refractivity contribution in [3.63, 3.8) is 0 Å². The normalized spacial score (nSPS) is 24.5. The van der Waals surface area contributed by atoms with Crippen molar-refractivity contribution >= 4 is 0 Å². The van der Waals surface area contributed by atoms with Crippen LogP contribution < -0.4 is 5.73 Å². The molecule has 0 bridgehead atoms. The van der Waals surface area contributed by atoms with E-state index in [9.17, 15) is 0 Å². The van der Waals surface area contributed by atoms with E-state index in [-0.39, 0.29) is 6.04 Å². The third kappa shape index (κ3) is 1.84. The minimum atomic E-state index is -0.00880. The monoisotopic (exact) mass is 179 g/mol. The van der Waals surface area contributed by atoms with Gasteiger partial charge in [-0.1, -0.05) is 0 Å². The largest absolute Gasteiger partial charge is 0.381 e. The molecule has 0 amide bonds. The molecular weight excluding hydrogens is 166 g/mol. The summed E-state index contributed by atoms with van der Waals surface area (Å²) >= 11 is 0. The zero-order valence-electron chi connectivity index (χ0n) is 7.39. The van der Waals surface area contributed by atoms with Crippen LogP contribution >= 0.6 is 0 Å². The van der Waals surface area contributed by atoms with E-state index in [4.69, 9.17) is 10.5 Å². The molecule has 0 aliphatic carbocycles.